The molecule has 0 amide bonds. The highest BCUT2D eigenvalue weighted by molar-refractivity contribution is 6.09. The van der Waals surface area contributed by atoms with Crippen LogP contribution < -0.4 is 5.32 Å². The molecular weight excluding hydrogens is 260 g/mol. The SMILES string of the molecule is O=C(c1ccc2c(c1)CNCC2)c1cccc(F)c1F. The van der Waals surface area contributed by atoms with E-state index < -0.39 is 17.4 Å². The molecular formula is C16H13F2NO. The summed E-state index contributed by atoms with van der Waals surface area (Å²) in [6, 6.07) is 8.97. The molecule has 1 aliphatic heterocycles. The molecule has 0 fully saturated rings. The van der Waals surface area contributed by atoms with Gasteiger partial charge >= 0.3 is 0 Å². The minimum Gasteiger partial charge on any atom is -0.312 e. The zero-order chi connectivity index (χ0) is 14.1. The Balaban J connectivity index is 2.00. The molecule has 0 bridgehead atoms. The Morgan fingerprint density at radius 1 is 1.10 bits per heavy atom. The Hall–Kier alpha value is -2.07. The molecule has 0 radical (unpaired) electrons. The van der Waals surface area contributed by atoms with Crippen LogP contribution >= 0.6 is 0 Å². The van der Waals surface area contributed by atoms with Gasteiger partial charge in [0.25, 0.3) is 0 Å². The first-order valence-corrected chi connectivity index (χ1v) is 6.48. The first-order valence-electron chi connectivity index (χ1n) is 6.48. The van der Waals surface area contributed by atoms with Gasteiger partial charge in [0.2, 0.25) is 0 Å². The molecule has 1 aliphatic rings. The first kappa shape index (κ1) is 12.9. The number of benzene rings is 2. The van der Waals surface area contributed by atoms with Gasteiger partial charge in [0.05, 0.1) is 5.56 Å². The highest BCUT2D eigenvalue weighted by Gasteiger charge is 2.18. The molecule has 1 N–H and O–H groups in total. The maximum absolute atomic E-state index is 13.7. The van der Waals surface area contributed by atoms with Gasteiger partial charge < -0.3 is 5.32 Å². The Bertz CT molecular complexity index is 682. The molecule has 0 saturated heterocycles. The molecule has 0 aromatic heterocycles. The van der Waals surface area contributed by atoms with Gasteiger partial charge in [0.1, 0.15) is 0 Å². The van der Waals surface area contributed by atoms with E-state index in [0.717, 1.165) is 24.6 Å². The number of rotatable bonds is 2. The summed E-state index contributed by atoms with van der Waals surface area (Å²) in [6.07, 6.45) is 0.915. The van der Waals surface area contributed by atoms with Crippen LogP contribution in [0.3, 0.4) is 0 Å². The maximum Gasteiger partial charge on any atom is 0.196 e. The van der Waals surface area contributed by atoms with Crippen molar-refractivity contribution in [2.75, 3.05) is 6.54 Å². The van der Waals surface area contributed by atoms with Gasteiger partial charge in [-0.15, -0.1) is 0 Å². The zero-order valence-corrected chi connectivity index (χ0v) is 10.7. The average molecular weight is 273 g/mol. The lowest BCUT2D eigenvalue weighted by Crippen LogP contribution is -2.24. The first-order chi connectivity index (χ1) is 9.66. The molecule has 0 atom stereocenters. The second kappa shape index (κ2) is 5.13. The molecule has 2 aromatic rings. The van der Waals surface area contributed by atoms with E-state index in [4.69, 9.17) is 0 Å². The lowest BCUT2D eigenvalue weighted by molar-refractivity contribution is 0.103. The van der Waals surface area contributed by atoms with E-state index in [0.29, 0.717) is 12.1 Å². The fraction of sp³-hybridized carbons (Fsp3) is 0.188. The van der Waals surface area contributed by atoms with E-state index in [1.54, 1.807) is 12.1 Å². The zero-order valence-electron chi connectivity index (χ0n) is 10.7. The minimum absolute atomic E-state index is 0.228. The Morgan fingerprint density at radius 3 is 2.80 bits per heavy atom. The summed E-state index contributed by atoms with van der Waals surface area (Å²) < 4.78 is 26.9. The predicted molar refractivity (Wildman–Crippen MR) is 71.6 cm³/mol. The average Bonchev–Trinajstić information content (AvgIpc) is 2.49. The van der Waals surface area contributed by atoms with E-state index in [1.165, 1.54) is 17.7 Å². The predicted octanol–water partition coefficient (Wildman–Crippen LogP) is 2.84. The van der Waals surface area contributed by atoms with Gasteiger partial charge in [-0.2, -0.15) is 0 Å². The Labute approximate surface area is 115 Å². The molecule has 20 heavy (non-hydrogen) atoms. The number of carbonyl (C=O) groups is 1. The number of carbonyl (C=O) groups excluding carboxylic acids is 1. The van der Waals surface area contributed by atoms with Crippen molar-refractivity contribution in [2.24, 2.45) is 0 Å². The fourth-order valence-corrected chi connectivity index (χ4v) is 2.46. The standard InChI is InChI=1S/C16H13F2NO/c17-14-3-1-2-13(15(14)18)16(20)11-5-4-10-6-7-19-9-12(10)8-11/h1-5,8,19H,6-7,9H2. The maximum atomic E-state index is 13.7. The van der Waals surface area contributed by atoms with E-state index in [-0.39, 0.29) is 5.56 Å². The van der Waals surface area contributed by atoms with Gasteiger partial charge in [-0.3, -0.25) is 4.79 Å². The van der Waals surface area contributed by atoms with Crippen LogP contribution in [-0.4, -0.2) is 12.3 Å². The second-order valence-electron chi connectivity index (χ2n) is 4.84. The molecule has 3 rings (SSSR count). The lowest BCUT2D eigenvalue weighted by Gasteiger charge is -2.17. The number of hydrogen-bond acceptors (Lipinski definition) is 2. The quantitative estimate of drug-likeness (QED) is 0.852. The van der Waals surface area contributed by atoms with E-state index >= 15 is 0 Å². The normalized spacial score (nSPS) is 13.9. The van der Waals surface area contributed by atoms with Crippen LogP contribution in [0.2, 0.25) is 0 Å². The van der Waals surface area contributed by atoms with Crippen molar-refractivity contribution in [3.8, 4) is 0 Å². The summed E-state index contributed by atoms with van der Waals surface area (Å²) in [5.41, 5.74) is 2.39. The monoisotopic (exact) mass is 273 g/mol. The van der Waals surface area contributed by atoms with Crippen molar-refractivity contribution in [2.45, 2.75) is 13.0 Å². The van der Waals surface area contributed by atoms with Gasteiger partial charge in [0, 0.05) is 12.1 Å². The van der Waals surface area contributed by atoms with E-state index in [1.807, 2.05) is 6.07 Å². The molecule has 1 heterocycles. The molecule has 2 nitrogen and oxygen atoms in total. The lowest BCUT2D eigenvalue weighted by atomic mass is 9.95. The van der Waals surface area contributed by atoms with Crippen LogP contribution in [0, 0.1) is 11.6 Å². The largest absolute Gasteiger partial charge is 0.312 e. The third-order valence-corrected chi connectivity index (χ3v) is 3.55. The third kappa shape index (κ3) is 2.23. The summed E-state index contributed by atoms with van der Waals surface area (Å²) in [4.78, 5) is 12.3. The molecule has 0 saturated carbocycles. The molecule has 2 aromatic carbocycles. The number of ketones is 1. The van der Waals surface area contributed by atoms with Crippen molar-refractivity contribution >= 4 is 5.78 Å². The van der Waals surface area contributed by atoms with Gasteiger partial charge in [-0.1, -0.05) is 18.2 Å². The highest BCUT2D eigenvalue weighted by atomic mass is 19.2. The van der Waals surface area contributed by atoms with Crippen LogP contribution in [0.4, 0.5) is 8.78 Å². The summed E-state index contributed by atoms with van der Waals surface area (Å²) in [5, 5.41) is 3.22. The summed E-state index contributed by atoms with van der Waals surface area (Å²) in [5.74, 6) is -2.58. The fourth-order valence-electron chi connectivity index (χ4n) is 2.46. The molecule has 0 aliphatic carbocycles. The Morgan fingerprint density at radius 2 is 1.95 bits per heavy atom. The summed E-state index contributed by atoms with van der Waals surface area (Å²) in [7, 11) is 0. The van der Waals surface area contributed by atoms with Gasteiger partial charge in [-0.05, 0) is 42.3 Å². The van der Waals surface area contributed by atoms with Crippen molar-refractivity contribution in [1.82, 2.24) is 5.32 Å². The van der Waals surface area contributed by atoms with Crippen LogP contribution in [-0.2, 0) is 13.0 Å². The van der Waals surface area contributed by atoms with Crippen LogP contribution in [0.5, 0.6) is 0 Å². The van der Waals surface area contributed by atoms with Crippen molar-refractivity contribution in [1.29, 1.82) is 0 Å². The summed E-state index contributed by atoms with van der Waals surface area (Å²) >= 11 is 0. The summed E-state index contributed by atoms with van der Waals surface area (Å²) in [6.45, 7) is 1.61. The topological polar surface area (TPSA) is 29.1 Å². The van der Waals surface area contributed by atoms with Crippen LogP contribution in [0.1, 0.15) is 27.0 Å². The van der Waals surface area contributed by atoms with E-state index in [9.17, 15) is 13.6 Å². The molecule has 102 valence electrons. The minimum atomic E-state index is -1.09. The van der Waals surface area contributed by atoms with Crippen LogP contribution in [0.25, 0.3) is 0 Å². The third-order valence-electron chi connectivity index (χ3n) is 3.55. The smallest absolute Gasteiger partial charge is 0.196 e. The van der Waals surface area contributed by atoms with Gasteiger partial charge in [0.15, 0.2) is 17.4 Å². The second-order valence-corrected chi connectivity index (χ2v) is 4.84. The van der Waals surface area contributed by atoms with Crippen molar-refractivity contribution in [3.05, 3.63) is 70.3 Å². The Kier molecular flexibility index (Phi) is 3.32. The van der Waals surface area contributed by atoms with Crippen molar-refractivity contribution in [3.63, 3.8) is 0 Å². The van der Waals surface area contributed by atoms with E-state index in [2.05, 4.69) is 5.32 Å². The molecule has 0 unspecified atom stereocenters. The molecule has 4 heteroatoms. The molecule has 0 spiro atoms. The number of hydrogen-bond donors (Lipinski definition) is 1. The van der Waals surface area contributed by atoms with Crippen molar-refractivity contribution < 1.29 is 13.6 Å². The van der Waals surface area contributed by atoms with Crippen LogP contribution in [0.15, 0.2) is 36.4 Å². The number of halogens is 2. The number of nitrogens with one attached hydrogen (secondary N) is 1. The number of fused-ring (bicyclic) bond motifs is 1. The van der Waals surface area contributed by atoms with Gasteiger partial charge in [-0.25, -0.2) is 8.78 Å². The highest BCUT2D eigenvalue weighted by Crippen LogP contribution is 2.20.